The average Bonchev–Trinajstić information content (AvgIpc) is 2.63. The maximum absolute atomic E-state index is 11.2. The topological polar surface area (TPSA) is 85.1 Å². The first-order valence-electron chi connectivity index (χ1n) is 6.67. The lowest BCUT2D eigenvalue weighted by atomic mass is 9.95. The molecule has 0 spiro atoms. The highest BCUT2D eigenvalue weighted by Crippen LogP contribution is 2.31. The molecule has 2 rings (SSSR count). The van der Waals surface area contributed by atoms with Gasteiger partial charge in [0.05, 0.1) is 5.92 Å². The predicted molar refractivity (Wildman–Crippen MR) is 71.5 cm³/mol. The first-order chi connectivity index (χ1) is 8.99. The zero-order chi connectivity index (χ0) is 13.9. The van der Waals surface area contributed by atoms with Gasteiger partial charge in [-0.25, -0.2) is 8.42 Å². The third-order valence-corrected chi connectivity index (χ3v) is 4.36. The molecular formula is C12H21N3O3S. The molecule has 0 radical (unpaired) electrons. The van der Waals surface area contributed by atoms with E-state index in [9.17, 15) is 8.42 Å². The lowest BCUT2D eigenvalue weighted by molar-refractivity contribution is 0.309. The van der Waals surface area contributed by atoms with Gasteiger partial charge in [-0.1, -0.05) is 24.4 Å². The van der Waals surface area contributed by atoms with E-state index in [1.54, 1.807) is 0 Å². The quantitative estimate of drug-likeness (QED) is 0.839. The summed E-state index contributed by atoms with van der Waals surface area (Å²) in [6.07, 6.45) is 6.83. The molecule has 0 saturated heterocycles. The Kier molecular flexibility index (Phi) is 4.57. The number of hydrogen-bond donors (Lipinski definition) is 1. The molecule has 1 heterocycles. The summed E-state index contributed by atoms with van der Waals surface area (Å²) in [4.78, 5) is 4.26. The molecule has 1 aliphatic rings. The number of likely N-dealkylation sites (N-methyl/N-ethyl adjacent to an activating group) is 1. The number of hydrogen-bond acceptors (Lipinski definition) is 6. The van der Waals surface area contributed by atoms with E-state index in [1.165, 1.54) is 19.1 Å². The molecule has 1 aromatic heterocycles. The van der Waals surface area contributed by atoms with Crippen LogP contribution in [0, 0.1) is 0 Å². The van der Waals surface area contributed by atoms with Gasteiger partial charge in [0.2, 0.25) is 5.89 Å². The Hall–Kier alpha value is -0.950. The molecule has 0 aromatic carbocycles. The van der Waals surface area contributed by atoms with E-state index < -0.39 is 9.84 Å². The van der Waals surface area contributed by atoms with Crippen LogP contribution in [0.2, 0.25) is 0 Å². The second-order valence-corrected chi connectivity index (χ2v) is 7.40. The summed E-state index contributed by atoms with van der Waals surface area (Å²) in [6, 6.07) is 0.328. The Balaban J connectivity index is 2.15. The molecule has 1 aromatic rings. The number of rotatable bonds is 4. The molecule has 0 bridgehead atoms. The summed E-state index contributed by atoms with van der Waals surface area (Å²) in [5, 5.41) is 7.09. The van der Waals surface area contributed by atoms with Crippen LogP contribution >= 0.6 is 0 Å². The maximum Gasteiger partial charge on any atom is 0.231 e. The Morgan fingerprint density at radius 3 is 2.74 bits per heavy atom. The van der Waals surface area contributed by atoms with Crippen molar-refractivity contribution in [3.8, 4) is 0 Å². The Bertz CT molecular complexity index is 512. The highest BCUT2D eigenvalue weighted by Gasteiger charge is 2.29. The molecule has 6 nitrogen and oxygen atoms in total. The standard InChI is InChI=1S/C12H21N3O3S/c1-13-10-7-5-3-4-6-9(10)12-14-11(15-18-12)8-19(2,16)17/h9-10,13H,3-8H2,1-2H3. The lowest BCUT2D eigenvalue weighted by Gasteiger charge is -2.20. The van der Waals surface area contributed by atoms with E-state index >= 15 is 0 Å². The summed E-state index contributed by atoms with van der Waals surface area (Å²) in [5.74, 6) is 0.859. The second kappa shape index (κ2) is 6.00. The minimum absolute atomic E-state index is 0.159. The van der Waals surface area contributed by atoms with Crippen LogP contribution in [0.1, 0.15) is 49.7 Å². The molecular weight excluding hydrogens is 266 g/mol. The van der Waals surface area contributed by atoms with Crippen LogP contribution in [0.25, 0.3) is 0 Å². The van der Waals surface area contributed by atoms with Gasteiger partial charge >= 0.3 is 0 Å². The summed E-state index contributed by atoms with van der Waals surface area (Å²) in [7, 11) is -1.18. The van der Waals surface area contributed by atoms with Crippen molar-refractivity contribution in [2.45, 2.75) is 49.8 Å². The molecule has 1 N–H and O–H groups in total. The van der Waals surface area contributed by atoms with Crippen molar-refractivity contribution >= 4 is 9.84 Å². The van der Waals surface area contributed by atoms with Crippen molar-refractivity contribution in [1.82, 2.24) is 15.5 Å². The fourth-order valence-corrected chi connectivity index (χ4v) is 3.25. The number of aromatic nitrogens is 2. The van der Waals surface area contributed by atoms with Crippen molar-refractivity contribution in [2.24, 2.45) is 0 Å². The smallest absolute Gasteiger partial charge is 0.231 e. The van der Waals surface area contributed by atoms with Gasteiger partial charge in [-0.3, -0.25) is 0 Å². The van der Waals surface area contributed by atoms with Gasteiger partial charge in [-0.05, 0) is 19.9 Å². The third-order valence-electron chi connectivity index (χ3n) is 3.58. The monoisotopic (exact) mass is 287 g/mol. The fourth-order valence-electron chi connectivity index (χ4n) is 2.66. The first kappa shape index (κ1) is 14.5. The largest absolute Gasteiger partial charge is 0.339 e. The van der Waals surface area contributed by atoms with Gasteiger partial charge < -0.3 is 9.84 Å². The van der Waals surface area contributed by atoms with E-state index in [2.05, 4.69) is 15.5 Å². The van der Waals surface area contributed by atoms with Crippen LogP contribution in [-0.4, -0.2) is 37.9 Å². The van der Waals surface area contributed by atoms with Crippen molar-refractivity contribution in [2.75, 3.05) is 13.3 Å². The van der Waals surface area contributed by atoms with Crippen molar-refractivity contribution in [3.05, 3.63) is 11.7 Å². The van der Waals surface area contributed by atoms with Crippen molar-refractivity contribution in [3.63, 3.8) is 0 Å². The second-order valence-electron chi connectivity index (χ2n) is 5.26. The average molecular weight is 287 g/mol. The number of sulfone groups is 1. The zero-order valence-corrected chi connectivity index (χ0v) is 12.2. The van der Waals surface area contributed by atoms with Crippen LogP contribution in [0.3, 0.4) is 0 Å². The van der Waals surface area contributed by atoms with Gasteiger partial charge in [0.1, 0.15) is 5.75 Å². The molecule has 2 unspecified atom stereocenters. The maximum atomic E-state index is 11.2. The van der Waals surface area contributed by atoms with Crippen LogP contribution in [0.15, 0.2) is 4.52 Å². The molecule has 19 heavy (non-hydrogen) atoms. The van der Waals surface area contributed by atoms with Gasteiger partial charge in [-0.15, -0.1) is 0 Å². The molecule has 1 aliphatic carbocycles. The summed E-state index contributed by atoms with van der Waals surface area (Å²) in [5.41, 5.74) is 0. The summed E-state index contributed by atoms with van der Waals surface area (Å²) in [6.45, 7) is 0. The fraction of sp³-hybridized carbons (Fsp3) is 0.833. The SMILES string of the molecule is CNC1CCCCCC1c1nc(CS(C)(=O)=O)no1. The zero-order valence-electron chi connectivity index (χ0n) is 11.4. The van der Waals surface area contributed by atoms with E-state index in [-0.39, 0.29) is 17.5 Å². The van der Waals surface area contributed by atoms with E-state index in [0.29, 0.717) is 11.9 Å². The van der Waals surface area contributed by atoms with Gasteiger partial charge in [0.25, 0.3) is 0 Å². The molecule has 1 saturated carbocycles. The Labute approximate surface area is 113 Å². The van der Waals surface area contributed by atoms with Gasteiger partial charge in [0.15, 0.2) is 15.7 Å². The Morgan fingerprint density at radius 1 is 1.32 bits per heavy atom. The first-order valence-corrected chi connectivity index (χ1v) is 8.73. The molecule has 0 amide bonds. The van der Waals surface area contributed by atoms with Crippen LogP contribution in [-0.2, 0) is 15.6 Å². The normalized spacial score (nSPS) is 25.2. The van der Waals surface area contributed by atoms with Crippen LogP contribution in [0.5, 0.6) is 0 Å². The number of nitrogens with zero attached hydrogens (tertiary/aromatic N) is 2. The van der Waals surface area contributed by atoms with Gasteiger partial charge in [0, 0.05) is 12.3 Å². The van der Waals surface area contributed by atoms with E-state index in [1.807, 2.05) is 7.05 Å². The minimum atomic E-state index is -3.12. The van der Waals surface area contributed by atoms with Crippen molar-refractivity contribution in [1.29, 1.82) is 0 Å². The summed E-state index contributed by atoms with van der Waals surface area (Å²) >= 11 is 0. The van der Waals surface area contributed by atoms with E-state index in [0.717, 1.165) is 19.3 Å². The highest BCUT2D eigenvalue weighted by molar-refractivity contribution is 7.89. The van der Waals surface area contributed by atoms with Gasteiger partial charge in [-0.2, -0.15) is 4.98 Å². The third kappa shape index (κ3) is 4.01. The number of nitrogens with one attached hydrogen (secondary N) is 1. The Morgan fingerprint density at radius 2 is 2.05 bits per heavy atom. The molecule has 7 heteroatoms. The molecule has 1 fully saturated rings. The molecule has 0 aliphatic heterocycles. The predicted octanol–water partition coefficient (Wildman–Crippen LogP) is 1.25. The molecule has 2 atom stereocenters. The summed E-state index contributed by atoms with van der Waals surface area (Å²) < 4.78 is 27.7. The molecule has 108 valence electrons. The van der Waals surface area contributed by atoms with Crippen molar-refractivity contribution < 1.29 is 12.9 Å². The lowest BCUT2D eigenvalue weighted by Crippen LogP contribution is -2.31. The van der Waals surface area contributed by atoms with E-state index in [4.69, 9.17) is 4.52 Å². The minimum Gasteiger partial charge on any atom is -0.339 e. The van der Waals surface area contributed by atoms with Crippen LogP contribution in [0.4, 0.5) is 0 Å². The highest BCUT2D eigenvalue weighted by atomic mass is 32.2. The van der Waals surface area contributed by atoms with Crippen LogP contribution < -0.4 is 5.32 Å².